The van der Waals surface area contributed by atoms with Crippen LogP contribution in [0.4, 0.5) is 0 Å². The molecule has 0 unspecified atom stereocenters. The molecule has 1 aliphatic rings. The van der Waals surface area contributed by atoms with Gasteiger partial charge in [0.1, 0.15) is 17.1 Å². The van der Waals surface area contributed by atoms with Crippen LogP contribution >= 0.6 is 0 Å². The quantitative estimate of drug-likeness (QED) is 0.483. The molecule has 168 valence electrons. The molecule has 5 rings (SSSR count). The molecule has 0 spiro atoms. The summed E-state index contributed by atoms with van der Waals surface area (Å²) >= 11 is 0. The van der Waals surface area contributed by atoms with Crippen LogP contribution in [0.15, 0.2) is 61.1 Å². The first-order chi connectivity index (χ1) is 16.0. The Bertz CT molecular complexity index is 1280. The first-order valence-corrected chi connectivity index (χ1v) is 10.9. The molecule has 4 aromatic rings. The number of methoxy groups -OCH3 is 1. The van der Waals surface area contributed by atoms with Crippen molar-refractivity contribution in [1.82, 2.24) is 29.2 Å². The third-order valence-electron chi connectivity index (χ3n) is 6.17. The van der Waals surface area contributed by atoms with Crippen LogP contribution in [0.3, 0.4) is 0 Å². The molecule has 3 aromatic heterocycles. The second kappa shape index (κ2) is 8.63. The molecular weight excluding hydrogens is 416 g/mol. The van der Waals surface area contributed by atoms with E-state index < -0.39 is 0 Å². The highest BCUT2D eigenvalue weighted by Crippen LogP contribution is 2.28. The Labute approximate surface area is 192 Å². The lowest BCUT2D eigenvalue weighted by atomic mass is 10.1. The van der Waals surface area contributed by atoms with Crippen molar-refractivity contribution in [2.75, 3.05) is 33.8 Å². The first kappa shape index (κ1) is 21.1. The standard InChI is InChI=1S/C25H26N6O2/c1-17-13-27-20(14-26-17)25(32)30-12-11-29(2)23(16-30)21-15-31-22(5-4-6-24(31)28-21)18-7-9-19(33-3)10-8-18/h4-10,13-15,23H,11-12,16H2,1-3H3/t23-/m0/s1. The van der Waals surface area contributed by atoms with E-state index in [-0.39, 0.29) is 11.9 Å². The van der Waals surface area contributed by atoms with Crippen molar-refractivity contribution in [1.29, 1.82) is 0 Å². The normalized spacial score (nSPS) is 16.8. The zero-order valence-electron chi connectivity index (χ0n) is 19.0. The molecule has 33 heavy (non-hydrogen) atoms. The SMILES string of the molecule is COc1ccc(-c2cccc3nc([C@@H]4CN(C(=O)c5cnc(C)cn5)CCN4C)cn23)cc1. The number of benzene rings is 1. The third kappa shape index (κ3) is 4.05. The number of aromatic nitrogens is 4. The number of hydrogen-bond donors (Lipinski definition) is 0. The summed E-state index contributed by atoms with van der Waals surface area (Å²) in [7, 11) is 3.74. The predicted molar refractivity (Wildman–Crippen MR) is 125 cm³/mol. The predicted octanol–water partition coefficient (Wildman–Crippen LogP) is 3.24. The molecule has 1 fully saturated rings. The largest absolute Gasteiger partial charge is 0.497 e. The molecule has 1 saturated heterocycles. The second-order valence-electron chi connectivity index (χ2n) is 8.32. The minimum atomic E-state index is -0.0942. The van der Waals surface area contributed by atoms with Gasteiger partial charge < -0.3 is 9.64 Å². The highest BCUT2D eigenvalue weighted by Gasteiger charge is 2.31. The van der Waals surface area contributed by atoms with Gasteiger partial charge in [-0.3, -0.25) is 19.1 Å². The molecular formula is C25H26N6O2. The first-order valence-electron chi connectivity index (χ1n) is 10.9. The van der Waals surface area contributed by atoms with Gasteiger partial charge in [0.05, 0.1) is 36.4 Å². The molecule has 1 atom stereocenters. The van der Waals surface area contributed by atoms with Crippen molar-refractivity contribution in [2.45, 2.75) is 13.0 Å². The lowest BCUT2D eigenvalue weighted by Gasteiger charge is -2.38. The summed E-state index contributed by atoms with van der Waals surface area (Å²) in [6.45, 7) is 3.81. The van der Waals surface area contributed by atoms with E-state index in [4.69, 9.17) is 9.72 Å². The summed E-state index contributed by atoms with van der Waals surface area (Å²) in [5, 5.41) is 0. The van der Waals surface area contributed by atoms with Gasteiger partial charge in [-0.2, -0.15) is 0 Å². The van der Waals surface area contributed by atoms with Gasteiger partial charge in [-0.05, 0) is 55.9 Å². The Morgan fingerprint density at radius 3 is 2.61 bits per heavy atom. The summed E-state index contributed by atoms with van der Waals surface area (Å²) in [6, 6.07) is 14.1. The van der Waals surface area contributed by atoms with Crippen LogP contribution in [-0.4, -0.2) is 68.9 Å². The number of fused-ring (bicyclic) bond motifs is 1. The molecule has 8 nitrogen and oxygen atoms in total. The molecule has 0 radical (unpaired) electrons. The van der Waals surface area contributed by atoms with Crippen molar-refractivity contribution >= 4 is 11.6 Å². The highest BCUT2D eigenvalue weighted by atomic mass is 16.5. The van der Waals surface area contributed by atoms with Gasteiger partial charge in [0.15, 0.2) is 0 Å². The number of aryl methyl sites for hydroxylation is 1. The van der Waals surface area contributed by atoms with Crippen molar-refractivity contribution in [3.63, 3.8) is 0 Å². The molecule has 0 N–H and O–H groups in total. The number of piperazine rings is 1. The Morgan fingerprint density at radius 1 is 1.06 bits per heavy atom. The van der Waals surface area contributed by atoms with Crippen LogP contribution in [-0.2, 0) is 0 Å². The van der Waals surface area contributed by atoms with Crippen LogP contribution in [0.5, 0.6) is 5.75 Å². The van der Waals surface area contributed by atoms with Gasteiger partial charge in [-0.25, -0.2) is 9.97 Å². The fraction of sp³-hybridized carbons (Fsp3) is 0.280. The monoisotopic (exact) mass is 442 g/mol. The number of ether oxygens (including phenoxy) is 1. The van der Waals surface area contributed by atoms with E-state index in [0.29, 0.717) is 18.8 Å². The topological polar surface area (TPSA) is 75.9 Å². The number of nitrogens with zero attached hydrogens (tertiary/aromatic N) is 6. The minimum Gasteiger partial charge on any atom is -0.497 e. The van der Waals surface area contributed by atoms with Crippen LogP contribution in [0, 0.1) is 6.92 Å². The van der Waals surface area contributed by atoms with E-state index in [1.54, 1.807) is 19.5 Å². The molecule has 1 amide bonds. The lowest BCUT2D eigenvalue weighted by Crippen LogP contribution is -2.49. The second-order valence-corrected chi connectivity index (χ2v) is 8.32. The smallest absolute Gasteiger partial charge is 0.274 e. The van der Waals surface area contributed by atoms with Crippen LogP contribution in [0.1, 0.15) is 27.9 Å². The average Bonchev–Trinajstić information content (AvgIpc) is 3.29. The van der Waals surface area contributed by atoms with Crippen molar-refractivity contribution in [3.05, 3.63) is 78.1 Å². The Hall–Kier alpha value is -3.78. The molecule has 1 aliphatic heterocycles. The number of carbonyl (C=O) groups excluding carboxylic acids is 1. The number of amides is 1. The van der Waals surface area contributed by atoms with Crippen molar-refractivity contribution < 1.29 is 9.53 Å². The molecule has 4 heterocycles. The van der Waals surface area contributed by atoms with Gasteiger partial charge in [0, 0.05) is 32.0 Å². The maximum Gasteiger partial charge on any atom is 0.274 e. The van der Waals surface area contributed by atoms with E-state index in [0.717, 1.165) is 40.6 Å². The minimum absolute atomic E-state index is 0.00951. The number of pyridine rings is 1. The molecule has 0 bridgehead atoms. The Balaban J connectivity index is 1.45. The van der Waals surface area contributed by atoms with E-state index in [1.807, 2.05) is 48.2 Å². The van der Waals surface area contributed by atoms with Gasteiger partial charge in [-0.1, -0.05) is 6.07 Å². The summed E-state index contributed by atoms with van der Waals surface area (Å²) in [6.07, 6.45) is 5.26. The fourth-order valence-electron chi connectivity index (χ4n) is 4.23. The van der Waals surface area contributed by atoms with Crippen LogP contribution in [0.2, 0.25) is 0 Å². The zero-order valence-corrected chi connectivity index (χ0v) is 19.0. The van der Waals surface area contributed by atoms with E-state index in [9.17, 15) is 4.79 Å². The molecule has 0 aliphatic carbocycles. The summed E-state index contributed by atoms with van der Waals surface area (Å²) < 4.78 is 7.40. The lowest BCUT2D eigenvalue weighted by molar-refractivity contribution is 0.0535. The molecule has 0 saturated carbocycles. The average molecular weight is 443 g/mol. The fourth-order valence-corrected chi connectivity index (χ4v) is 4.23. The summed E-state index contributed by atoms with van der Waals surface area (Å²) in [5.74, 6) is 0.729. The van der Waals surface area contributed by atoms with Gasteiger partial charge in [-0.15, -0.1) is 0 Å². The maximum atomic E-state index is 13.0. The molecule has 8 heteroatoms. The third-order valence-corrected chi connectivity index (χ3v) is 6.17. The number of rotatable bonds is 4. The van der Waals surface area contributed by atoms with Crippen molar-refractivity contribution in [3.8, 4) is 17.0 Å². The molecule has 1 aromatic carbocycles. The van der Waals surface area contributed by atoms with E-state index in [1.165, 1.54) is 0 Å². The highest BCUT2D eigenvalue weighted by molar-refractivity contribution is 5.92. The number of likely N-dealkylation sites (N-methyl/N-ethyl adjacent to an activating group) is 1. The van der Waals surface area contributed by atoms with Crippen molar-refractivity contribution in [2.24, 2.45) is 0 Å². The number of carbonyl (C=O) groups is 1. The van der Waals surface area contributed by atoms with Gasteiger partial charge >= 0.3 is 0 Å². The Morgan fingerprint density at radius 2 is 1.88 bits per heavy atom. The van der Waals surface area contributed by atoms with E-state index in [2.05, 4.69) is 38.6 Å². The van der Waals surface area contributed by atoms with Gasteiger partial charge in [0.2, 0.25) is 0 Å². The van der Waals surface area contributed by atoms with Gasteiger partial charge in [0.25, 0.3) is 5.91 Å². The Kier molecular flexibility index (Phi) is 5.51. The zero-order chi connectivity index (χ0) is 22.9. The van der Waals surface area contributed by atoms with Crippen LogP contribution < -0.4 is 4.74 Å². The number of hydrogen-bond acceptors (Lipinski definition) is 6. The summed E-state index contributed by atoms with van der Waals surface area (Å²) in [4.78, 5) is 30.5. The van der Waals surface area contributed by atoms with Crippen LogP contribution in [0.25, 0.3) is 16.9 Å². The summed E-state index contributed by atoms with van der Waals surface area (Å²) in [5.41, 5.74) is 5.11. The number of imidazole rings is 1. The van der Waals surface area contributed by atoms with E-state index >= 15 is 0 Å². The maximum absolute atomic E-state index is 13.0.